The van der Waals surface area contributed by atoms with Gasteiger partial charge in [0, 0.05) is 43.8 Å². The standard InChI is InChI=1S/C18H23N5O/c1-21-15(13-23-9-4-8-20-23)11-14-12-22(10-6-17(14)21)18(24)16-5-2-3-7-19-16/h2-5,7-9,14-15,17H,6,10-13H2,1H3/t14-,15+,17+/m1/s1. The fraction of sp³-hybridized carbons (Fsp3) is 0.500. The van der Waals surface area contributed by atoms with Crippen LogP contribution in [0.1, 0.15) is 23.3 Å². The van der Waals surface area contributed by atoms with E-state index in [4.69, 9.17) is 0 Å². The molecule has 6 heteroatoms. The SMILES string of the molecule is CN1[C@H](Cn2cccn2)C[C@@H]2CN(C(=O)c3ccccn3)CC[C@@H]21. The largest absolute Gasteiger partial charge is 0.337 e. The average Bonchev–Trinajstić information content (AvgIpc) is 3.24. The molecule has 126 valence electrons. The monoisotopic (exact) mass is 325 g/mol. The smallest absolute Gasteiger partial charge is 0.272 e. The van der Waals surface area contributed by atoms with Gasteiger partial charge in [-0.3, -0.25) is 19.4 Å². The number of likely N-dealkylation sites (tertiary alicyclic amines) is 2. The molecular weight excluding hydrogens is 302 g/mol. The minimum absolute atomic E-state index is 0.0622. The van der Waals surface area contributed by atoms with Gasteiger partial charge >= 0.3 is 0 Å². The van der Waals surface area contributed by atoms with Crippen molar-refractivity contribution in [3.8, 4) is 0 Å². The summed E-state index contributed by atoms with van der Waals surface area (Å²) in [4.78, 5) is 21.3. The molecule has 0 radical (unpaired) electrons. The first-order valence-electron chi connectivity index (χ1n) is 8.62. The van der Waals surface area contributed by atoms with Crippen molar-refractivity contribution in [3.63, 3.8) is 0 Å². The van der Waals surface area contributed by atoms with Crippen molar-refractivity contribution >= 4 is 5.91 Å². The fourth-order valence-corrected chi connectivity index (χ4v) is 4.24. The van der Waals surface area contributed by atoms with Gasteiger partial charge in [-0.15, -0.1) is 0 Å². The number of pyridine rings is 1. The first-order valence-corrected chi connectivity index (χ1v) is 8.62. The van der Waals surface area contributed by atoms with Crippen LogP contribution in [0.15, 0.2) is 42.9 Å². The van der Waals surface area contributed by atoms with E-state index in [2.05, 4.69) is 22.0 Å². The van der Waals surface area contributed by atoms with Gasteiger partial charge in [-0.25, -0.2) is 0 Å². The summed E-state index contributed by atoms with van der Waals surface area (Å²) in [5.74, 6) is 0.601. The Kier molecular flexibility index (Phi) is 4.06. The third-order valence-electron chi connectivity index (χ3n) is 5.50. The van der Waals surface area contributed by atoms with Crippen LogP contribution < -0.4 is 0 Å². The molecule has 0 aliphatic carbocycles. The molecule has 2 aliphatic heterocycles. The molecular formula is C18H23N5O. The Morgan fingerprint density at radius 1 is 1.29 bits per heavy atom. The van der Waals surface area contributed by atoms with Crippen molar-refractivity contribution in [3.05, 3.63) is 48.5 Å². The van der Waals surface area contributed by atoms with Gasteiger partial charge in [-0.1, -0.05) is 6.07 Å². The van der Waals surface area contributed by atoms with E-state index in [0.29, 0.717) is 23.7 Å². The highest BCUT2D eigenvalue weighted by Crippen LogP contribution is 2.35. The minimum atomic E-state index is 0.0622. The summed E-state index contributed by atoms with van der Waals surface area (Å²) >= 11 is 0. The summed E-state index contributed by atoms with van der Waals surface area (Å²) < 4.78 is 2.01. The number of carbonyl (C=O) groups excluding carboxylic acids is 1. The van der Waals surface area contributed by atoms with Gasteiger partial charge in [-0.2, -0.15) is 5.10 Å². The molecule has 2 aliphatic rings. The van der Waals surface area contributed by atoms with E-state index in [1.807, 2.05) is 40.2 Å². The lowest BCUT2D eigenvalue weighted by Gasteiger charge is -2.37. The first-order chi connectivity index (χ1) is 11.7. The van der Waals surface area contributed by atoms with Crippen molar-refractivity contribution in [2.75, 3.05) is 20.1 Å². The molecule has 24 heavy (non-hydrogen) atoms. The number of hydrogen-bond acceptors (Lipinski definition) is 4. The third-order valence-corrected chi connectivity index (χ3v) is 5.50. The van der Waals surface area contributed by atoms with Crippen LogP contribution in [0.4, 0.5) is 0 Å². The molecule has 6 nitrogen and oxygen atoms in total. The maximum absolute atomic E-state index is 12.6. The molecule has 0 aromatic carbocycles. The highest BCUT2D eigenvalue weighted by molar-refractivity contribution is 5.92. The molecule has 1 amide bonds. The zero-order valence-corrected chi connectivity index (χ0v) is 14.0. The number of nitrogens with zero attached hydrogens (tertiary/aromatic N) is 5. The topological polar surface area (TPSA) is 54.3 Å². The van der Waals surface area contributed by atoms with Crippen LogP contribution in [0, 0.1) is 5.92 Å². The highest BCUT2D eigenvalue weighted by Gasteiger charge is 2.43. The molecule has 2 saturated heterocycles. The van der Waals surface area contributed by atoms with Crippen LogP contribution in [0.25, 0.3) is 0 Å². The van der Waals surface area contributed by atoms with E-state index in [9.17, 15) is 4.79 Å². The van der Waals surface area contributed by atoms with Crippen molar-refractivity contribution in [1.82, 2.24) is 24.6 Å². The Morgan fingerprint density at radius 2 is 2.21 bits per heavy atom. The van der Waals surface area contributed by atoms with Crippen LogP contribution in [0.3, 0.4) is 0 Å². The van der Waals surface area contributed by atoms with E-state index >= 15 is 0 Å². The molecule has 2 aromatic rings. The summed E-state index contributed by atoms with van der Waals surface area (Å²) in [5, 5.41) is 4.33. The maximum atomic E-state index is 12.6. The second-order valence-electron chi connectivity index (χ2n) is 6.87. The fourth-order valence-electron chi connectivity index (χ4n) is 4.24. The summed E-state index contributed by atoms with van der Waals surface area (Å²) in [6.45, 7) is 2.57. The van der Waals surface area contributed by atoms with Crippen molar-refractivity contribution < 1.29 is 4.79 Å². The number of rotatable bonds is 3. The number of aromatic nitrogens is 3. The van der Waals surface area contributed by atoms with E-state index in [0.717, 1.165) is 32.5 Å². The molecule has 3 atom stereocenters. The van der Waals surface area contributed by atoms with Crippen molar-refractivity contribution in [1.29, 1.82) is 0 Å². The van der Waals surface area contributed by atoms with Gasteiger partial charge in [0.2, 0.25) is 0 Å². The van der Waals surface area contributed by atoms with Gasteiger partial charge in [0.1, 0.15) is 5.69 Å². The Bertz CT molecular complexity index is 687. The van der Waals surface area contributed by atoms with Gasteiger partial charge in [-0.05, 0) is 44.0 Å². The van der Waals surface area contributed by atoms with Gasteiger partial charge in [0.05, 0.1) is 6.54 Å². The lowest BCUT2D eigenvalue weighted by atomic mass is 9.92. The van der Waals surface area contributed by atoms with Crippen molar-refractivity contribution in [2.45, 2.75) is 31.5 Å². The second-order valence-corrected chi connectivity index (χ2v) is 6.87. The molecule has 2 aromatic heterocycles. The van der Waals surface area contributed by atoms with Gasteiger partial charge in [0.15, 0.2) is 0 Å². The van der Waals surface area contributed by atoms with Gasteiger partial charge < -0.3 is 4.90 Å². The molecule has 0 spiro atoms. The lowest BCUT2D eigenvalue weighted by molar-refractivity contribution is 0.0601. The second kappa shape index (κ2) is 6.36. The normalized spacial score (nSPS) is 27.2. The number of carbonyl (C=O) groups is 1. The Morgan fingerprint density at radius 3 is 2.96 bits per heavy atom. The number of amides is 1. The highest BCUT2D eigenvalue weighted by atomic mass is 16.2. The quantitative estimate of drug-likeness (QED) is 0.858. The number of hydrogen-bond donors (Lipinski definition) is 0. The summed E-state index contributed by atoms with van der Waals surface area (Å²) in [5.41, 5.74) is 0.551. The Balaban J connectivity index is 1.43. The molecule has 4 rings (SSSR count). The van der Waals surface area contributed by atoms with E-state index in [1.165, 1.54) is 0 Å². The molecule has 0 bridgehead atoms. The van der Waals surface area contributed by atoms with E-state index in [1.54, 1.807) is 12.3 Å². The predicted octanol–water partition coefficient (Wildman–Crippen LogP) is 1.51. The van der Waals surface area contributed by atoms with Crippen LogP contribution in [0.2, 0.25) is 0 Å². The summed E-state index contributed by atoms with van der Waals surface area (Å²) in [6, 6.07) is 8.54. The number of piperidine rings is 1. The van der Waals surface area contributed by atoms with Crippen LogP contribution in [0.5, 0.6) is 0 Å². The molecule has 0 N–H and O–H groups in total. The van der Waals surface area contributed by atoms with Crippen LogP contribution >= 0.6 is 0 Å². The van der Waals surface area contributed by atoms with Crippen molar-refractivity contribution in [2.24, 2.45) is 5.92 Å². The summed E-state index contributed by atoms with van der Waals surface area (Å²) in [7, 11) is 2.22. The predicted molar refractivity (Wildman–Crippen MR) is 90.4 cm³/mol. The Labute approximate surface area is 142 Å². The van der Waals surface area contributed by atoms with Crippen LogP contribution in [-0.4, -0.2) is 62.7 Å². The van der Waals surface area contributed by atoms with E-state index < -0.39 is 0 Å². The zero-order valence-electron chi connectivity index (χ0n) is 14.0. The minimum Gasteiger partial charge on any atom is -0.337 e. The van der Waals surface area contributed by atoms with E-state index in [-0.39, 0.29) is 5.91 Å². The number of likely N-dealkylation sites (N-methyl/N-ethyl adjacent to an activating group) is 1. The molecule has 0 saturated carbocycles. The maximum Gasteiger partial charge on any atom is 0.272 e. The molecule has 4 heterocycles. The van der Waals surface area contributed by atoms with Gasteiger partial charge in [0.25, 0.3) is 5.91 Å². The lowest BCUT2D eigenvalue weighted by Crippen LogP contribution is -2.48. The van der Waals surface area contributed by atoms with Crippen LogP contribution in [-0.2, 0) is 6.54 Å². The third kappa shape index (κ3) is 2.82. The molecule has 2 fully saturated rings. The first kappa shape index (κ1) is 15.3. The Hall–Kier alpha value is -2.21. The zero-order chi connectivity index (χ0) is 16.5. The average molecular weight is 325 g/mol. The summed E-state index contributed by atoms with van der Waals surface area (Å²) in [6.07, 6.45) is 7.69. The molecule has 0 unspecified atom stereocenters. The number of fused-ring (bicyclic) bond motifs is 1.